The Hall–Kier alpha value is -3.81. The Morgan fingerprint density at radius 2 is 1.53 bits per heavy atom. The van der Waals surface area contributed by atoms with Crippen LogP contribution in [0.3, 0.4) is 0 Å². The smallest absolute Gasteiger partial charge is 0.275 e. The van der Waals surface area contributed by atoms with Crippen molar-refractivity contribution in [1.82, 2.24) is 9.78 Å². The number of anilines is 1. The molecule has 2 atom stereocenters. The highest BCUT2D eigenvalue weighted by Crippen LogP contribution is 2.39. The molecule has 0 spiro atoms. The second-order valence-electron chi connectivity index (χ2n) is 8.69. The van der Waals surface area contributed by atoms with Crippen molar-refractivity contribution in [3.05, 3.63) is 110 Å². The Morgan fingerprint density at radius 1 is 0.917 bits per heavy atom. The molecule has 7 nitrogen and oxygen atoms in total. The molecule has 9 heteroatoms. The summed E-state index contributed by atoms with van der Waals surface area (Å²) in [4.78, 5) is 27.6. The first-order valence-electron chi connectivity index (χ1n) is 11.3. The maximum Gasteiger partial charge on any atom is 0.275 e. The molecule has 36 heavy (non-hydrogen) atoms. The van der Waals surface area contributed by atoms with Gasteiger partial charge in [0.15, 0.2) is 0 Å². The molecule has 4 aromatic rings. The van der Waals surface area contributed by atoms with Crippen LogP contribution in [0.1, 0.15) is 29.7 Å². The highest BCUT2D eigenvalue weighted by atomic mass is 35.5. The molecule has 3 aromatic carbocycles. The number of rotatable bonds is 5. The zero-order valence-electron chi connectivity index (χ0n) is 19.4. The first-order valence-corrected chi connectivity index (χ1v) is 12.0. The van der Waals surface area contributed by atoms with E-state index in [9.17, 15) is 14.7 Å². The molecule has 1 amide bonds. The number of carbonyl (C=O) groups is 1. The van der Waals surface area contributed by atoms with Crippen LogP contribution >= 0.6 is 23.2 Å². The fourth-order valence-corrected chi connectivity index (χ4v) is 4.92. The lowest BCUT2D eigenvalue weighted by molar-refractivity contribution is -0.120. The van der Waals surface area contributed by atoms with E-state index in [1.165, 1.54) is 9.69 Å². The number of carbonyl (C=O) groups excluding carboxylic acids is 1. The van der Waals surface area contributed by atoms with Gasteiger partial charge < -0.3 is 5.11 Å². The summed E-state index contributed by atoms with van der Waals surface area (Å²) in [5.74, 6) is -1.69. The van der Waals surface area contributed by atoms with Crippen LogP contribution in [0.2, 0.25) is 10.0 Å². The van der Waals surface area contributed by atoms with Gasteiger partial charge in [-0.2, -0.15) is 5.10 Å². The monoisotopic (exact) mass is 520 g/mol. The van der Waals surface area contributed by atoms with Gasteiger partial charge in [0.2, 0.25) is 0 Å². The Bertz CT molecular complexity index is 1540. The molecule has 0 radical (unpaired) electrons. The van der Waals surface area contributed by atoms with Crippen LogP contribution in [0.25, 0.3) is 5.69 Å². The summed E-state index contributed by atoms with van der Waals surface area (Å²) in [5, 5.41) is 20.4. The van der Waals surface area contributed by atoms with E-state index in [0.717, 1.165) is 0 Å². The number of phenolic OH excluding ortho intramolecular Hbond substituents is 1. The molecule has 2 heterocycles. The van der Waals surface area contributed by atoms with Crippen LogP contribution in [-0.4, -0.2) is 26.5 Å². The van der Waals surface area contributed by atoms with Gasteiger partial charge >= 0.3 is 0 Å². The lowest BCUT2D eigenvalue weighted by atomic mass is 9.78. The molecule has 1 aliphatic heterocycles. The number of amides is 1. The zero-order valence-corrected chi connectivity index (χ0v) is 21.0. The number of aromatic hydroxyl groups is 1. The third-order valence-electron chi connectivity index (χ3n) is 6.33. The fraction of sp³-hybridized carbons (Fsp3) is 0.148. The Kier molecular flexibility index (Phi) is 6.20. The minimum absolute atomic E-state index is 0.0401. The topological polar surface area (TPSA) is 90.7 Å². The van der Waals surface area contributed by atoms with E-state index < -0.39 is 11.8 Å². The molecule has 182 valence electrons. The summed E-state index contributed by atoms with van der Waals surface area (Å²) in [6, 6.07) is 20.3. The predicted molar refractivity (Wildman–Crippen MR) is 142 cm³/mol. The van der Waals surface area contributed by atoms with Crippen molar-refractivity contribution >= 4 is 40.5 Å². The van der Waals surface area contributed by atoms with Crippen LogP contribution in [0.4, 0.5) is 5.69 Å². The Morgan fingerprint density at radius 3 is 2.14 bits per heavy atom. The van der Waals surface area contributed by atoms with Crippen LogP contribution < -0.4 is 10.6 Å². The van der Waals surface area contributed by atoms with E-state index in [1.807, 2.05) is 0 Å². The van der Waals surface area contributed by atoms with Crippen LogP contribution in [0, 0.1) is 12.8 Å². The average Bonchev–Trinajstić information content (AvgIpc) is 3.31. The molecule has 0 fully saturated rings. The molecule has 5 rings (SSSR count). The SMILES string of the molecule is CC1=NN(c2ccc(Cl)cc2)C(=O)[C@H]1[C@@H](c1cccc(O)c1)c1c(C)[nH]n(-c2ccc(Cl)cc2)c1=O. The van der Waals surface area contributed by atoms with Crippen molar-refractivity contribution in [3.8, 4) is 11.4 Å². The van der Waals surface area contributed by atoms with Gasteiger partial charge in [-0.05, 0) is 80.1 Å². The third kappa shape index (κ3) is 4.21. The molecule has 0 aliphatic carbocycles. The van der Waals surface area contributed by atoms with Crippen molar-refractivity contribution in [2.24, 2.45) is 11.0 Å². The molecule has 0 saturated carbocycles. The maximum atomic E-state index is 13.8. The van der Waals surface area contributed by atoms with Crippen molar-refractivity contribution in [2.75, 3.05) is 5.01 Å². The number of nitrogens with one attached hydrogen (secondary N) is 1. The van der Waals surface area contributed by atoms with Crippen LogP contribution in [-0.2, 0) is 4.79 Å². The first kappa shape index (κ1) is 23.9. The number of hydrogen-bond donors (Lipinski definition) is 2. The number of H-pyrrole nitrogens is 1. The van der Waals surface area contributed by atoms with E-state index in [-0.39, 0.29) is 17.2 Å². The Balaban J connectivity index is 1.65. The number of aryl methyl sites for hydroxylation is 1. The standard InChI is InChI=1S/C27H22Cl2N4O3/c1-15-23(26(35)32(30-15)20-10-6-18(28)7-11-20)25(17-4-3-5-22(34)14-17)24-16(2)31-33(27(24)36)21-12-8-19(29)9-13-21/h3-14,23,25,31,34H,1-2H3/t23-,25-/m1/s1. The Labute approximate surface area is 217 Å². The highest BCUT2D eigenvalue weighted by molar-refractivity contribution is 6.31. The second kappa shape index (κ2) is 9.33. The average molecular weight is 521 g/mol. The predicted octanol–water partition coefficient (Wildman–Crippen LogP) is 5.66. The highest BCUT2D eigenvalue weighted by Gasteiger charge is 2.43. The summed E-state index contributed by atoms with van der Waals surface area (Å²) in [7, 11) is 0. The van der Waals surface area contributed by atoms with Gasteiger partial charge in [0.05, 0.1) is 17.3 Å². The number of halogens is 2. The van der Waals surface area contributed by atoms with Gasteiger partial charge in [0, 0.05) is 32.9 Å². The quantitative estimate of drug-likeness (QED) is 0.355. The van der Waals surface area contributed by atoms with Gasteiger partial charge in [-0.15, -0.1) is 0 Å². The van der Waals surface area contributed by atoms with Crippen molar-refractivity contribution in [1.29, 1.82) is 0 Å². The number of nitrogens with zero attached hydrogens (tertiary/aromatic N) is 3. The number of benzene rings is 3. The molecular formula is C27H22Cl2N4O3. The van der Waals surface area contributed by atoms with Gasteiger partial charge in [-0.25, -0.2) is 9.69 Å². The van der Waals surface area contributed by atoms with Crippen LogP contribution in [0.15, 0.2) is 82.7 Å². The van der Waals surface area contributed by atoms with Gasteiger partial charge in [0.1, 0.15) is 5.75 Å². The molecule has 0 saturated heterocycles. The molecule has 0 unspecified atom stereocenters. The summed E-state index contributed by atoms with van der Waals surface area (Å²) >= 11 is 12.1. The third-order valence-corrected chi connectivity index (χ3v) is 6.83. The molecular weight excluding hydrogens is 499 g/mol. The van der Waals surface area contributed by atoms with E-state index in [4.69, 9.17) is 23.2 Å². The summed E-state index contributed by atoms with van der Waals surface area (Å²) in [5.41, 5.74) is 3.10. The molecule has 1 aliphatic rings. The van der Waals surface area contributed by atoms with Gasteiger partial charge in [-0.1, -0.05) is 35.3 Å². The van der Waals surface area contributed by atoms with Crippen molar-refractivity contribution in [2.45, 2.75) is 19.8 Å². The van der Waals surface area contributed by atoms with E-state index in [0.29, 0.717) is 44.0 Å². The number of hydrogen-bond acceptors (Lipinski definition) is 4. The number of aromatic amines is 1. The normalized spacial score (nSPS) is 16.3. The minimum Gasteiger partial charge on any atom is -0.508 e. The summed E-state index contributed by atoms with van der Waals surface area (Å²) in [6.45, 7) is 3.57. The van der Waals surface area contributed by atoms with Crippen molar-refractivity contribution in [3.63, 3.8) is 0 Å². The minimum atomic E-state index is -0.761. The summed E-state index contributed by atoms with van der Waals surface area (Å²) < 4.78 is 1.43. The van der Waals surface area contributed by atoms with E-state index in [1.54, 1.807) is 86.6 Å². The lowest BCUT2D eigenvalue weighted by Crippen LogP contribution is -2.34. The maximum absolute atomic E-state index is 13.8. The molecule has 0 bridgehead atoms. The fourth-order valence-electron chi connectivity index (χ4n) is 4.67. The number of phenols is 1. The first-order chi connectivity index (χ1) is 17.2. The molecule has 2 N–H and O–H groups in total. The van der Waals surface area contributed by atoms with E-state index >= 15 is 0 Å². The van der Waals surface area contributed by atoms with Gasteiger partial charge in [-0.3, -0.25) is 14.7 Å². The van der Waals surface area contributed by atoms with Crippen molar-refractivity contribution < 1.29 is 9.90 Å². The summed E-state index contributed by atoms with van der Waals surface area (Å²) in [6.07, 6.45) is 0. The molecule has 1 aromatic heterocycles. The van der Waals surface area contributed by atoms with E-state index in [2.05, 4.69) is 10.2 Å². The largest absolute Gasteiger partial charge is 0.508 e. The second-order valence-corrected chi connectivity index (χ2v) is 9.56. The van der Waals surface area contributed by atoms with Gasteiger partial charge in [0.25, 0.3) is 11.5 Å². The van der Waals surface area contributed by atoms with Crippen LogP contribution in [0.5, 0.6) is 5.75 Å². The lowest BCUT2D eigenvalue weighted by Gasteiger charge is -2.23. The zero-order chi connectivity index (χ0) is 25.6. The number of aromatic nitrogens is 2. The number of hydrazone groups is 1.